The Kier molecular flexibility index (Phi) is 5.22. The molecule has 0 bridgehead atoms. The van der Waals surface area contributed by atoms with Crippen molar-refractivity contribution in [2.45, 2.75) is 44.7 Å². The second kappa shape index (κ2) is 7.55. The van der Waals surface area contributed by atoms with Crippen LogP contribution in [-0.2, 0) is 0 Å². The molecule has 5 nitrogen and oxygen atoms in total. The monoisotopic (exact) mass is 339 g/mol. The molecule has 2 atom stereocenters. The lowest BCUT2D eigenvalue weighted by molar-refractivity contribution is -0.384. The van der Waals surface area contributed by atoms with E-state index in [2.05, 4.69) is 48.5 Å². The summed E-state index contributed by atoms with van der Waals surface area (Å²) in [6.07, 6.45) is 4.70. The van der Waals surface area contributed by atoms with Gasteiger partial charge in [-0.1, -0.05) is 31.0 Å². The third kappa shape index (κ3) is 3.92. The lowest BCUT2D eigenvalue weighted by atomic mass is 9.88. The van der Waals surface area contributed by atoms with Crippen molar-refractivity contribution in [2.75, 3.05) is 17.3 Å². The average molecular weight is 339 g/mol. The Labute approximate surface area is 148 Å². The molecule has 2 aromatic rings. The zero-order chi connectivity index (χ0) is 17.8. The topological polar surface area (TPSA) is 58.4 Å². The van der Waals surface area contributed by atoms with Gasteiger partial charge in [-0.2, -0.15) is 0 Å². The highest BCUT2D eigenvalue weighted by molar-refractivity contribution is 5.54. The summed E-state index contributed by atoms with van der Waals surface area (Å²) in [5.74, 6) is 0. The van der Waals surface area contributed by atoms with Gasteiger partial charge >= 0.3 is 0 Å². The number of aryl methyl sites for hydroxylation is 1. The molecule has 1 aliphatic carbocycles. The average Bonchev–Trinajstić information content (AvgIpc) is 2.63. The van der Waals surface area contributed by atoms with Crippen LogP contribution in [0.3, 0.4) is 0 Å². The molecule has 25 heavy (non-hydrogen) atoms. The summed E-state index contributed by atoms with van der Waals surface area (Å²) in [5, 5.41) is 14.6. The summed E-state index contributed by atoms with van der Waals surface area (Å²) in [6.45, 7) is 2.13. The largest absolute Gasteiger partial charge is 0.380 e. The first kappa shape index (κ1) is 17.3. The number of hydrogen-bond acceptors (Lipinski definition) is 4. The van der Waals surface area contributed by atoms with Gasteiger partial charge in [0.15, 0.2) is 0 Å². The van der Waals surface area contributed by atoms with Crippen LogP contribution >= 0.6 is 0 Å². The minimum atomic E-state index is -0.354. The van der Waals surface area contributed by atoms with Crippen LogP contribution in [0.4, 0.5) is 17.1 Å². The van der Waals surface area contributed by atoms with Gasteiger partial charge in [0.05, 0.1) is 4.92 Å². The molecule has 2 aromatic carbocycles. The molecule has 1 fully saturated rings. The van der Waals surface area contributed by atoms with Crippen LogP contribution in [0, 0.1) is 17.0 Å². The highest BCUT2D eigenvalue weighted by Crippen LogP contribution is 2.30. The number of rotatable bonds is 5. The van der Waals surface area contributed by atoms with E-state index in [0.29, 0.717) is 12.1 Å². The number of nitro groups is 1. The van der Waals surface area contributed by atoms with Gasteiger partial charge in [-0.15, -0.1) is 0 Å². The smallest absolute Gasteiger partial charge is 0.269 e. The third-order valence-electron chi connectivity index (χ3n) is 5.18. The van der Waals surface area contributed by atoms with E-state index < -0.39 is 0 Å². The molecule has 0 unspecified atom stereocenters. The van der Waals surface area contributed by atoms with Gasteiger partial charge in [-0.3, -0.25) is 10.1 Å². The number of nitro benzene ring substituents is 1. The number of anilines is 2. The number of nitrogens with one attached hydrogen (secondary N) is 1. The molecule has 0 spiro atoms. The van der Waals surface area contributed by atoms with Gasteiger partial charge in [0, 0.05) is 42.6 Å². The van der Waals surface area contributed by atoms with E-state index in [0.717, 1.165) is 18.5 Å². The maximum Gasteiger partial charge on any atom is 0.269 e. The number of para-hydroxylation sites is 1. The van der Waals surface area contributed by atoms with Crippen LogP contribution in [0.25, 0.3) is 0 Å². The fraction of sp³-hybridized carbons (Fsp3) is 0.400. The van der Waals surface area contributed by atoms with Crippen LogP contribution in [0.5, 0.6) is 0 Å². The van der Waals surface area contributed by atoms with Crippen LogP contribution < -0.4 is 10.2 Å². The van der Waals surface area contributed by atoms with Gasteiger partial charge in [0.25, 0.3) is 5.69 Å². The zero-order valence-electron chi connectivity index (χ0n) is 14.8. The van der Waals surface area contributed by atoms with Gasteiger partial charge in [0.2, 0.25) is 0 Å². The second-order valence-electron chi connectivity index (χ2n) is 6.80. The Morgan fingerprint density at radius 2 is 1.76 bits per heavy atom. The predicted molar refractivity (Wildman–Crippen MR) is 102 cm³/mol. The number of benzene rings is 2. The minimum absolute atomic E-state index is 0.135. The maximum atomic E-state index is 10.9. The summed E-state index contributed by atoms with van der Waals surface area (Å²) in [4.78, 5) is 12.8. The lowest BCUT2D eigenvalue weighted by Gasteiger charge is -2.40. The van der Waals surface area contributed by atoms with Crippen molar-refractivity contribution < 1.29 is 4.92 Å². The van der Waals surface area contributed by atoms with E-state index in [9.17, 15) is 10.1 Å². The number of nitrogens with zero attached hydrogens (tertiary/aromatic N) is 2. The number of non-ortho nitro benzene ring substituents is 1. The normalized spacial score (nSPS) is 20.1. The molecule has 1 saturated carbocycles. The Morgan fingerprint density at radius 3 is 2.44 bits per heavy atom. The molecule has 0 heterocycles. The van der Waals surface area contributed by atoms with E-state index in [4.69, 9.17) is 0 Å². The fourth-order valence-corrected chi connectivity index (χ4v) is 3.68. The summed E-state index contributed by atoms with van der Waals surface area (Å²) in [6, 6.07) is 16.0. The van der Waals surface area contributed by atoms with Crippen molar-refractivity contribution in [2.24, 2.45) is 0 Å². The summed E-state index contributed by atoms with van der Waals surface area (Å²) >= 11 is 0. The zero-order valence-corrected chi connectivity index (χ0v) is 14.8. The van der Waals surface area contributed by atoms with Crippen molar-refractivity contribution in [1.29, 1.82) is 0 Å². The first-order valence-electron chi connectivity index (χ1n) is 8.85. The van der Waals surface area contributed by atoms with Crippen LogP contribution in [0.15, 0.2) is 48.5 Å². The molecule has 0 saturated heterocycles. The molecule has 5 heteroatoms. The molecule has 3 rings (SSSR count). The Balaban J connectivity index is 1.77. The second-order valence-corrected chi connectivity index (χ2v) is 6.80. The van der Waals surface area contributed by atoms with Gasteiger partial charge in [0.1, 0.15) is 0 Å². The molecule has 0 aliphatic heterocycles. The number of hydrogen-bond donors (Lipinski definition) is 1. The predicted octanol–water partition coefficient (Wildman–Crippen LogP) is 4.76. The summed E-state index contributed by atoms with van der Waals surface area (Å²) < 4.78 is 0. The molecule has 0 amide bonds. The molecular formula is C20H25N3O2. The number of likely N-dealkylation sites (N-methyl/N-ethyl adjacent to an activating group) is 1. The molecule has 0 radical (unpaired) electrons. The van der Waals surface area contributed by atoms with Gasteiger partial charge in [-0.05, 0) is 43.5 Å². The Morgan fingerprint density at radius 1 is 1.08 bits per heavy atom. The van der Waals surface area contributed by atoms with E-state index in [1.165, 1.54) is 24.1 Å². The highest BCUT2D eigenvalue weighted by atomic mass is 16.6. The van der Waals surface area contributed by atoms with Crippen LogP contribution in [0.1, 0.15) is 31.2 Å². The summed E-state index contributed by atoms with van der Waals surface area (Å²) in [7, 11) is 2.09. The van der Waals surface area contributed by atoms with Crippen LogP contribution in [-0.4, -0.2) is 24.1 Å². The molecule has 132 valence electrons. The van der Waals surface area contributed by atoms with Gasteiger partial charge in [-0.25, -0.2) is 0 Å². The van der Waals surface area contributed by atoms with Crippen molar-refractivity contribution in [3.8, 4) is 0 Å². The quantitative estimate of drug-likeness (QED) is 0.630. The SMILES string of the molecule is Cc1ccccc1N[C@@H]1CCCC[C@H]1N(C)c1ccc([N+](=O)[O-])cc1. The maximum absolute atomic E-state index is 10.9. The van der Waals surface area contributed by atoms with Crippen molar-refractivity contribution in [3.05, 3.63) is 64.2 Å². The van der Waals surface area contributed by atoms with E-state index in [1.807, 2.05) is 12.1 Å². The lowest BCUT2D eigenvalue weighted by Crippen LogP contribution is -2.47. The Hall–Kier alpha value is -2.56. The first-order chi connectivity index (χ1) is 12.1. The molecule has 1 aliphatic rings. The van der Waals surface area contributed by atoms with Crippen LogP contribution in [0.2, 0.25) is 0 Å². The Bertz CT molecular complexity index is 730. The van der Waals surface area contributed by atoms with Gasteiger partial charge < -0.3 is 10.2 Å². The van der Waals surface area contributed by atoms with E-state index in [1.54, 1.807) is 12.1 Å². The highest BCUT2D eigenvalue weighted by Gasteiger charge is 2.29. The standard InChI is InChI=1S/C20H25N3O2/c1-15-7-3-4-8-18(15)21-19-9-5-6-10-20(19)22(2)16-11-13-17(14-12-16)23(24)25/h3-4,7-8,11-14,19-21H,5-6,9-10H2,1-2H3/t19-,20-/m1/s1. The minimum Gasteiger partial charge on any atom is -0.380 e. The molecular weight excluding hydrogens is 314 g/mol. The third-order valence-corrected chi connectivity index (χ3v) is 5.18. The first-order valence-corrected chi connectivity index (χ1v) is 8.85. The van der Waals surface area contributed by atoms with E-state index in [-0.39, 0.29) is 10.6 Å². The summed E-state index contributed by atoms with van der Waals surface area (Å²) in [5.41, 5.74) is 3.60. The van der Waals surface area contributed by atoms with Crippen molar-refractivity contribution in [3.63, 3.8) is 0 Å². The molecule has 0 aromatic heterocycles. The molecule has 1 N–H and O–H groups in total. The van der Waals surface area contributed by atoms with Crippen molar-refractivity contribution >= 4 is 17.1 Å². The fourth-order valence-electron chi connectivity index (χ4n) is 3.68. The van der Waals surface area contributed by atoms with Crippen molar-refractivity contribution in [1.82, 2.24) is 0 Å². The van der Waals surface area contributed by atoms with E-state index >= 15 is 0 Å².